The van der Waals surface area contributed by atoms with E-state index in [1.54, 1.807) is 0 Å². The summed E-state index contributed by atoms with van der Waals surface area (Å²) in [6.07, 6.45) is 0. The number of nitrogens with two attached hydrogens (primary N) is 1. The van der Waals surface area contributed by atoms with E-state index in [-0.39, 0.29) is 5.91 Å². The maximum Gasteiger partial charge on any atom is 0.232 e. The van der Waals surface area contributed by atoms with Crippen LogP contribution in [0.2, 0.25) is 0 Å². The van der Waals surface area contributed by atoms with Crippen LogP contribution in [0.4, 0.5) is 0 Å². The van der Waals surface area contributed by atoms with Gasteiger partial charge in [-0.1, -0.05) is 23.8 Å². The summed E-state index contributed by atoms with van der Waals surface area (Å²) in [5.41, 5.74) is 8.13. The monoisotopic (exact) mass is 205 g/mol. The van der Waals surface area contributed by atoms with E-state index in [0.717, 1.165) is 16.7 Å². The molecule has 0 radical (unpaired) electrons. The van der Waals surface area contributed by atoms with Crippen molar-refractivity contribution in [2.24, 2.45) is 5.73 Å². The summed E-state index contributed by atoms with van der Waals surface area (Å²) < 4.78 is 5.15. The van der Waals surface area contributed by atoms with Crippen molar-refractivity contribution in [2.45, 2.75) is 19.3 Å². The Morgan fingerprint density at radius 2 is 2.07 bits per heavy atom. The number of amides is 1. The first kappa shape index (κ1) is 10.2. The summed E-state index contributed by atoms with van der Waals surface area (Å²) in [7, 11) is 0. The molecule has 0 aromatic heterocycles. The van der Waals surface area contributed by atoms with Crippen LogP contribution in [0, 0.1) is 13.8 Å². The molecule has 0 spiro atoms. The fourth-order valence-corrected chi connectivity index (χ4v) is 1.99. The first-order valence-electron chi connectivity index (χ1n) is 5.02. The van der Waals surface area contributed by atoms with Crippen molar-refractivity contribution in [1.82, 2.24) is 0 Å². The second-order valence-electron chi connectivity index (χ2n) is 4.26. The van der Waals surface area contributed by atoms with Crippen molar-refractivity contribution in [3.05, 3.63) is 34.9 Å². The Kier molecular flexibility index (Phi) is 2.27. The molecular formula is C12H15NO2. The molecule has 80 valence electrons. The Morgan fingerprint density at radius 3 is 2.53 bits per heavy atom. The number of hydrogen-bond acceptors (Lipinski definition) is 2. The van der Waals surface area contributed by atoms with Crippen LogP contribution in [-0.2, 0) is 14.9 Å². The second kappa shape index (κ2) is 3.35. The van der Waals surface area contributed by atoms with Crippen LogP contribution in [0.1, 0.15) is 16.7 Å². The zero-order chi connectivity index (χ0) is 11.1. The zero-order valence-electron chi connectivity index (χ0n) is 9.04. The van der Waals surface area contributed by atoms with E-state index in [1.165, 1.54) is 0 Å². The van der Waals surface area contributed by atoms with Crippen LogP contribution in [0.15, 0.2) is 18.2 Å². The Hall–Kier alpha value is -1.35. The highest BCUT2D eigenvalue weighted by atomic mass is 16.5. The summed E-state index contributed by atoms with van der Waals surface area (Å²) in [5, 5.41) is 0. The Labute approximate surface area is 89.2 Å². The van der Waals surface area contributed by atoms with Crippen LogP contribution in [-0.4, -0.2) is 19.1 Å². The fourth-order valence-electron chi connectivity index (χ4n) is 1.99. The number of rotatable bonds is 2. The van der Waals surface area contributed by atoms with Gasteiger partial charge in [-0.3, -0.25) is 4.79 Å². The minimum Gasteiger partial charge on any atom is -0.378 e. The van der Waals surface area contributed by atoms with Gasteiger partial charge in [-0.15, -0.1) is 0 Å². The summed E-state index contributed by atoms with van der Waals surface area (Å²) in [6.45, 7) is 4.83. The standard InChI is InChI=1S/C12H15NO2/c1-8-3-4-9(2)10(5-8)12(11(13)14)6-15-7-12/h3-5H,6-7H2,1-2H3,(H2,13,14). The minimum absolute atomic E-state index is 0.289. The highest BCUT2D eigenvalue weighted by molar-refractivity contribution is 5.88. The third kappa shape index (κ3) is 1.43. The van der Waals surface area contributed by atoms with E-state index >= 15 is 0 Å². The van der Waals surface area contributed by atoms with E-state index in [1.807, 2.05) is 32.0 Å². The van der Waals surface area contributed by atoms with Gasteiger partial charge in [-0.2, -0.15) is 0 Å². The molecule has 1 aromatic rings. The number of aryl methyl sites for hydroxylation is 2. The molecule has 0 atom stereocenters. The lowest BCUT2D eigenvalue weighted by Crippen LogP contribution is -2.56. The topological polar surface area (TPSA) is 52.3 Å². The first-order chi connectivity index (χ1) is 7.06. The first-order valence-corrected chi connectivity index (χ1v) is 5.02. The highest BCUT2D eigenvalue weighted by Gasteiger charge is 2.46. The molecule has 1 fully saturated rings. The molecule has 1 amide bonds. The maximum atomic E-state index is 11.5. The average molecular weight is 205 g/mol. The number of ether oxygens (including phenoxy) is 1. The lowest BCUT2D eigenvalue weighted by molar-refractivity contribution is -0.141. The van der Waals surface area contributed by atoms with Gasteiger partial charge in [0.2, 0.25) is 5.91 Å². The molecule has 15 heavy (non-hydrogen) atoms. The molecule has 1 heterocycles. The largest absolute Gasteiger partial charge is 0.378 e. The third-order valence-electron chi connectivity index (χ3n) is 3.08. The summed E-state index contributed by atoms with van der Waals surface area (Å²) >= 11 is 0. The summed E-state index contributed by atoms with van der Waals surface area (Å²) in [6, 6.07) is 6.09. The van der Waals surface area contributed by atoms with Crippen LogP contribution in [0.3, 0.4) is 0 Å². The molecule has 0 aliphatic carbocycles. The molecule has 0 saturated carbocycles. The number of hydrogen-bond donors (Lipinski definition) is 1. The molecular weight excluding hydrogens is 190 g/mol. The van der Waals surface area contributed by atoms with Gasteiger partial charge in [-0.25, -0.2) is 0 Å². The van der Waals surface area contributed by atoms with Gasteiger partial charge in [0.05, 0.1) is 13.2 Å². The van der Waals surface area contributed by atoms with Gasteiger partial charge in [0.15, 0.2) is 0 Å². The predicted octanol–water partition coefficient (Wildman–Crippen LogP) is 1.06. The minimum atomic E-state index is -0.587. The van der Waals surface area contributed by atoms with Crippen molar-refractivity contribution in [1.29, 1.82) is 0 Å². The molecule has 2 rings (SSSR count). The number of primary amides is 1. The molecule has 0 unspecified atom stereocenters. The molecule has 1 aliphatic rings. The highest BCUT2D eigenvalue weighted by Crippen LogP contribution is 2.34. The predicted molar refractivity (Wildman–Crippen MR) is 57.6 cm³/mol. The van der Waals surface area contributed by atoms with Gasteiger partial charge < -0.3 is 10.5 Å². The van der Waals surface area contributed by atoms with Crippen molar-refractivity contribution in [3.8, 4) is 0 Å². The Bertz CT molecular complexity index is 408. The normalized spacial score (nSPS) is 18.3. The molecule has 2 N–H and O–H groups in total. The summed E-state index contributed by atoms with van der Waals surface area (Å²) in [5.74, 6) is -0.289. The SMILES string of the molecule is Cc1ccc(C)c(C2(C(N)=O)COC2)c1. The summed E-state index contributed by atoms with van der Waals surface area (Å²) in [4.78, 5) is 11.5. The van der Waals surface area contributed by atoms with E-state index in [2.05, 4.69) is 0 Å². The average Bonchev–Trinajstić information content (AvgIpc) is 2.08. The van der Waals surface area contributed by atoms with Gasteiger partial charge in [0, 0.05) is 0 Å². The van der Waals surface area contributed by atoms with Crippen molar-refractivity contribution >= 4 is 5.91 Å². The molecule has 1 aromatic carbocycles. The van der Waals surface area contributed by atoms with E-state index in [4.69, 9.17) is 10.5 Å². The number of carbonyl (C=O) groups is 1. The van der Waals surface area contributed by atoms with Gasteiger partial charge in [0.1, 0.15) is 5.41 Å². The van der Waals surface area contributed by atoms with Crippen LogP contribution in [0.25, 0.3) is 0 Å². The zero-order valence-corrected chi connectivity index (χ0v) is 9.04. The van der Waals surface area contributed by atoms with Crippen LogP contribution >= 0.6 is 0 Å². The molecule has 3 heteroatoms. The molecule has 0 bridgehead atoms. The van der Waals surface area contributed by atoms with Crippen LogP contribution < -0.4 is 5.73 Å². The second-order valence-corrected chi connectivity index (χ2v) is 4.26. The Morgan fingerprint density at radius 1 is 1.40 bits per heavy atom. The quantitative estimate of drug-likeness (QED) is 0.784. The fraction of sp³-hybridized carbons (Fsp3) is 0.417. The molecule has 3 nitrogen and oxygen atoms in total. The van der Waals surface area contributed by atoms with Crippen molar-refractivity contribution < 1.29 is 9.53 Å². The van der Waals surface area contributed by atoms with Gasteiger partial charge in [0.25, 0.3) is 0 Å². The smallest absolute Gasteiger partial charge is 0.232 e. The molecule has 1 saturated heterocycles. The number of carbonyl (C=O) groups excluding carboxylic acids is 1. The number of benzene rings is 1. The van der Waals surface area contributed by atoms with Crippen molar-refractivity contribution in [3.63, 3.8) is 0 Å². The third-order valence-corrected chi connectivity index (χ3v) is 3.08. The van der Waals surface area contributed by atoms with Gasteiger partial charge >= 0.3 is 0 Å². The van der Waals surface area contributed by atoms with Crippen molar-refractivity contribution in [2.75, 3.05) is 13.2 Å². The van der Waals surface area contributed by atoms with Crippen LogP contribution in [0.5, 0.6) is 0 Å². The van der Waals surface area contributed by atoms with E-state index in [9.17, 15) is 4.79 Å². The lowest BCUT2D eigenvalue weighted by Gasteiger charge is -2.39. The Balaban J connectivity index is 2.51. The lowest BCUT2D eigenvalue weighted by atomic mass is 9.75. The maximum absolute atomic E-state index is 11.5. The molecule has 1 aliphatic heterocycles. The van der Waals surface area contributed by atoms with Gasteiger partial charge in [-0.05, 0) is 25.0 Å². The van der Waals surface area contributed by atoms with E-state index in [0.29, 0.717) is 13.2 Å². The van der Waals surface area contributed by atoms with E-state index < -0.39 is 5.41 Å².